The van der Waals surface area contributed by atoms with E-state index < -0.39 is 0 Å². The van der Waals surface area contributed by atoms with Gasteiger partial charge in [0.05, 0.1) is 34.5 Å². The van der Waals surface area contributed by atoms with E-state index in [1.807, 2.05) is 56.0 Å². The molecule has 1 fully saturated rings. The van der Waals surface area contributed by atoms with Crippen molar-refractivity contribution in [1.82, 2.24) is 34.5 Å². The molecular formula is C28H27N9. The third-order valence-electron chi connectivity index (χ3n) is 6.77. The van der Waals surface area contributed by atoms with E-state index in [-0.39, 0.29) is 5.95 Å². The molecule has 6 rings (SSSR count). The van der Waals surface area contributed by atoms with E-state index in [2.05, 4.69) is 48.0 Å². The molecule has 0 amide bonds. The van der Waals surface area contributed by atoms with Crippen LogP contribution in [0, 0.1) is 20.8 Å². The Hall–Kier alpha value is -4.66. The number of pyridine rings is 2. The molecule has 0 spiro atoms. The highest BCUT2D eigenvalue weighted by Gasteiger charge is 2.24. The van der Waals surface area contributed by atoms with Crippen LogP contribution < -0.4 is 11.1 Å². The summed E-state index contributed by atoms with van der Waals surface area (Å²) in [5.41, 5.74) is 15.7. The van der Waals surface area contributed by atoms with E-state index in [0.717, 1.165) is 50.5 Å². The third kappa shape index (κ3) is 4.29. The number of hydrogen-bond acceptors (Lipinski definition) is 8. The Morgan fingerprint density at radius 2 is 1.68 bits per heavy atom. The van der Waals surface area contributed by atoms with Crippen molar-refractivity contribution in [2.45, 2.75) is 39.5 Å². The Labute approximate surface area is 214 Å². The average Bonchev–Trinajstić information content (AvgIpc) is 3.64. The zero-order chi connectivity index (χ0) is 25.7. The van der Waals surface area contributed by atoms with Gasteiger partial charge in [-0.25, -0.2) is 24.5 Å². The molecular weight excluding hydrogens is 462 g/mol. The standard InChI is InChI=1S/C28H27N9/c1-15(34-24-9-21(11-30-16(24)2)27-31-12-22(13-32-27)19-5-6-19)23-14-33-37-8-7-20(10-25(23)37)26-17(3)35-28(29)36-18(26)4/h7-14,19,34H,1,5-6H2,2-4H3,(H2,29,35,36). The fraction of sp³-hybridized carbons (Fsp3) is 0.214. The fourth-order valence-electron chi connectivity index (χ4n) is 4.66. The van der Waals surface area contributed by atoms with E-state index in [1.165, 1.54) is 18.4 Å². The lowest BCUT2D eigenvalue weighted by atomic mass is 10.0. The van der Waals surface area contributed by atoms with Gasteiger partial charge in [-0.15, -0.1) is 0 Å². The van der Waals surface area contributed by atoms with E-state index >= 15 is 0 Å². The second-order valence-electron chi connectivity index (χ2n) is 9.51. The second-order valence-corrected chi connectivity index (χ2v) is 9.51. The molecule has 9 nitrogen and oxygen atoms in total. The molecule has 1 saturated carbocycles. The van der Waals surface area contributed by atoms with Crippen molar-refractivity contribution in [3.8, 4) is 22.5 Å². The van der Waals surface area contributed by atoms with Crippen molar-refractivity contribution >= 4 is 22.8 Å². The molecule has 3 N–H and O–H groups in total. The number of aromatic nitrogens is 7. The maximum atomic E-state index is 5.83. The first-order valence-corrected chi connectivity index (χ1v) is 12.2. The van der Waals surface area contributed by atoms with Gasteiger partial charge >= 0.3 is 0 Å². The minimum atomic E-state index is 0.276. The minimum absolute atomic E-state index is 0.276. The molecule has 1 aliphatic rings. The molecule has 0 aliphatic heterocycles. The molecule has 5 aromatic heterocycles. The van der Waals surface area contributed by atoms with Gasteiger partial charge in [0.15, 0.2) is 5.82 Å². The fourth-order valence-corrected chi connectivity index (χ4v) is 4.66. The summed E-state index contributed by atoms with van der Waals surface area (Å²) in [6.45, 7) is 10.1. The first kappa shape index (κ1) is 22.8. The van der Waals surface area contributed by atoms with Crippen molar-refractivity contribution in [1.29, 1.82) is 0 Å². The second kappa shape index (κ2) is 8.77. The Morgan fingerprint density at radius 1 is 0.946 bits per heavy atom. The van der Waals surface area contributed by atoms with Crippen LogP contribution in [0.4, 0.5) is 11.6 Å². The van der Waals surface area contributed by atoms with Gasteiger partial charge in [-0.2, -0.15) is 5.10 Å². The minimum Gasteiger partial charge on any atom is -0.368 e. The van der Waals surface area contributed by atoms with Crippen LogP contribution in [0.25, 0.3) is 33.7 Å². The van der Waals surface area contributed by atoms with Crippen LogP contribution in [-0.4, -0.2) is 34.5 Å². The Balaban J connectivity index is 1.31. The topological polar surface area (TPSA) is 120 Å². The molecule has 9 heteroatoms. The number of nitrogen functional groups attached to an aromatic ring is 1. The molecule has 37 heavy (non-hydrogen) atoms. The summed E-state index contributed by atoms with van der Waals surface area (Å²) in [5, 5.41) is 7.96. The van der Waals surface area contributed by atoms with Gasteiger partial charge in [0.2, 0.25) is 5.95 Å². The molecule has 0 atom stereocenters. The zero-order valence-electron chi connectivity index (χ0n) is 21.0. The number of nitrogens with one attached hydrogen (secondary N) is 1. The number of nitrogens with two attached hydrogens (primary N) is 1. The van der Waals surface area contributed by atoms with Gasteiger partial charge < -0.3 is 11.1 Å². The van der Waals surface area contributed by atoms with Gasteiger partial charge in [-0.3, -0.25) is 4.98 Å². The summed E-state index contributed by atoms with van der Waals surface area (Å²) in [5.74, 6) is 1.55. The van der Waals surface area contributed by atoms with Crippen molar-refractivity contribution in [2.75, 3.05) is 11.1 Å². The monoisotopic (exact) mass is 489 g/mol. The van der Waals surface area contributed by atoms with Gasteiger partial charge in [-0.05, 0) is 68.9 Å². The Bertz CT molecular complexity index is 1640. The summed E-state index contributed by atoms with van der Waals surface area (Å²) < 4.78 is 1.82. The van der Waals surface area contributed by atoms with Crippen LogP contribution in [-0.2, 0) is 0 Å². The van der Waals surface area contributed by atoms with E-state index in [9.17, 15) is 0 Å². The van der Waals surface area contributed by atoms with Crippen molar-refractivity contribution in [2.24, 2.45) is 0 Å². The smallest absolute Gasteiger partial charge is 0.220 e. The van der Waals surface area contributed by atoms with Crippen LogP contribution in [0.1, 0.15) is 47.0 Å². The van der Waals surface area contributed by atoms with Crippen LogP contribution in [0.2, 0.25) is 0 Å². The van der Waals surface area contributed by atoms with Crippen LogP contribution >= 0.6 is 0 Å². The lowest BCUT2D eigenvalue weighted by Crippen LogP contribution is -2.03. The Kier molecular flexibility index (Phi) is 5.40. The van der Waals surface area contributed by atoms with Gasteiger partial charge in [0.1, 0.15) is 0 Å². The lowest BCUT2D eigenvalue weighted by Gasteiger charge is -2.13. The predicted octanol–water partition coefficient (Wildman–Crippen LogP) is 5.11. The van der Waals surface area contributed by atoms with E-state index in [1.54, 1.807) is 12.4 Å². The molecule has 0 unspecified atom stereocenters. The van der Waals surface area contributed by atoms with Gasteiger partial charge in [-0.1, -0.05) is 6.58 Å². The van der Waals surface area contributed by atoms with Crippen LogP contribution in [0.5, 0.6) is 0 Å². The zero-order valence-corrected chi connectivity index (χ0v) is 21.0. The Morgan fingerprint density at radius 3 is 2.38 bits per heavy atom. The van der Waals surface area contributed by atoms with E-state index in [4.69, 9.17) is 5.73 Å². The maximum Gasteiger partial charge on any atom is 0.220 e. The number of hydrogen-bond donors (Lipinski definition) is 2. The molecule has 0 aromatic carbocycles. The first-order valence-electron chi connectivity index (χ1n) is 12.2. The van der Waals surface area contributed by atoms with Crippen LogP contribution in [0.3, 0.4) is 0 Å². The number of aryl methyl sites for hydroxylation is 3. The highest BCUT2D eigenvalue weighted by atomic mass is 15.2. The summed E-state index contributed by atoms with van der Waals surface area (Å²) in [7, 11) is 0. The number of rotatable bonds is 6. The molecule has 0 radical (unpaired) electrons. The molecule has 184 valence electrons. The number of nitrogens with zero attached hydrogens (tertiary/aromatic N) is 7. The summed E-state index contributed by atoms with van der Waals surface area (Å²) >= 11 is 0. The SMILES string of the molecule is C=C(Nc1cc(-c2ncc(C3CC3)cn2)cnc1C)c1cnn2ccc(-c3c(C)nc(N)nc3C)cc12. The number of anilines is 2. The molecule has 5 aromatic rings. The first-order chi connectivity index (χ1) is 17.9. The third-order valence-corrected chi connectivity index (χ3v) is 6.77. The average molecular weight is 490 g/mol. The highest BCUT2D eigenvalue weighted by molar-refractivity contribution is 5.86. The largest absolute Gasteiger partial charge is 0.368 e. The summed E-state index contributed by atoms with van der Waals surface area (Å²) in [6, 6.07) is 6.08. The van der Waals surface area contributed by atoms with Crippen molar-refractivity contribution < 1.29 is 0 Å². The lowest BCUT2D eigenvalue weighted by molar-refractivity contribution is 0.961. The van der Waals surface area contributed by atoms with Crippen molar-refractivity contribution in [3.05, 3.63) is 84.0 Å². The summed E-state index contributed by atoms with van der Waals surface area (Å²) in [4.78, 5) is 22.4. The molecule has 0 bridgehead atoms. The van der Waals surface area contributed by atoms with E-state index in [0.29, 0.717) is 17.4 Å². The maximum absolute atomic E-state index is 5.83. The normalized spacial score (nSPS) is 13.2. The highest BCUT2D eigenvalue weighted by Crippen LogP contribution is 2.39. The van der Waals surface area contributed by atoms with Gasteiger partial charge in [0, 0.05) is 47.2 Å². The van der Waals surface area contributed by atoms with Gasteiger partial charge in [0.25, 0.3) is 0 Å². The quantitative estimate of drug-likeness (QED) is 0.338. The molecule has 1 aliphatic carbocycles. The van der Waals surface area contributed by atoms with Crippen molar-refractivity contribution in [3.63, 3.8) is 0 Å². The molecule has 5 heterocycles. The summed E-state index contributed by atoms with van der Waals surface area (Å²) in [6.07, 6.45) is 11.8. The number of fused-ring (bicyclic) bond motifs is 1. The predicted molar refractivity (Wildman–Crippen MR) is 145 cm³/mol. The van der Waals surface area contributed by atoms with Crippen LogP contribution in [0.15, 0.2) is 55.8 Å². The molecule has 0 saturated heterocycles.